The molecule has 0 radical (unpaired) electrons. The second kappa shape index (κ2) is 4.71. The number of likely N-dealkylation sites (tertiary alicyclic amines) is 1. The van der Waals surface area contributed by atoms with E-state index >= 15 is 0 Å². The van der Waals surface area contributed by atoms with Gasteiger partial charge in [-0.15, -0.1) is 0 Å². The van der Waals surface area contributed by atoms with Crippen LogP contribution in [0.25, 0.3) is 0 Å². The Kier molecular flexibility index (Phi) is 3.28. The Morgan fingerprint density at radius 2 is 2.53 bits per heavy atom. The van der Waals surface area contributed by atoms with Crippen molar-refractivity contribution < 1.29 is 14.6 Å². The molecule has 1 amide bonds. The van der Waals surface area contributed by atoms with Gasteiger partial charge in [-0.25, -0.2) is 4.79 Å². The number of rotatable bonds is 2. The highest BCUT2D eigenvalue weighted by Crippen LogP contribution is 2.31. The van der Waals surface area contributed by atoms with Gasteiger partial charge in [-0.1, -0.05) is 6.07 Å². The van der Waals surface area contributed by atoms with Crippen molar-refractivity contribution in [3.63, 3.8) is 0 Å². The zero-order valence-corrected chi connectivity index (χ0v) is 9.80. The standard InChI is InChI=1S/C12H16N2O3/c1-2-17-11(15)14-7-5-12(16,9-14)10-4-3-6-13-8-10/h3-4,6,8,16H,2,5,7,9H2,1H3. The lowest BCUT2D eigenvalue weighted by Gasteiger charge is -2.23. The maximum Gasteiger partial charge on any atom is 0.409 e. The average Bonchev–Trinajstić information content (AvgIpc) is 2.75. The summed E-state index contributed by atoms with van der Waals surface area (Å²) in [6.07, 6.45) is 3.43. The number of aromatic nitrogens is 1. The van der Waals surface area contributed by atoms with Gasteiger partial charge < -0.3 is 14.7 Å². The second-order valence-corrected chi connectivity index (χ2v) is 4.14. The Hall–Kier alpha value is -1.62. The van der Waals surface area contributed by atoms with Gasteiger partial charge in [0.25, 0.3) is 0 Å². The molecule has 1 atom stereocenters. The van der Waals surface area contributed by atoms with Crippen LogP contribution in [0.5, 0.6) is 0 Å². The minimum absolute atomic E-state index is 0.261. The van der Waals surface area contributed by atoms with Crippen molar-refractivity contribution in [2.75, 3.05) is 19.7 Å². The van der Waals surface area contributed by atoms with Crippen LogP contribution in [-0.2, 0) is 10.3 Å². The number of aliphatic hydroxyl groups is 1. The minimum Gasteiger partial charge on any atom is -0.450 e. The van der Waals surface area contributed by atoms with Gasteiger partial charge in [0.1, 0.15) is 5.60 Å². The smallest absolute Gasteiger partial charge is 0.409 e. The lowest BCUT2D eigenvalue weighted by atomic mass is 9.95. The average molecular weight is 236 g/mol. The predicted octanol–water partition coefficient (Wildman–Crippen LogP) is 1.13. The number of nitrogens with zero attached hydrogens (tertiary/aromatic N) is 2. The summed E-state index contributed by atoms with van der Waals surface area (Å²) in [5, 5.41) is 10.5. The van der Waals surface area contributed by atoms with Crippen molar-refractivity contribution in [3.8, 4) is 0 Å². The molecule has 1 saturated heterocycles. The highest BCUT2D eigenvalue weighted by Gasteiger charge is 2.40. The molecule has 0 spiro atoms. The molecular weight excluding hydrogens is 220 g/mol. The van der Waals surface area contributed by atoms with Crippen molar-refractivity contribution in [3.05, 3.63) is 30.1 Å². The molecular formula is C12H16N2O3. The lowest BCUT2D eigenvalue weighted by Crippen LogP contribution is -2.34. The largest absolute Gasteiger partial charge is 0.450 e. The van der Waals surface area contributed by atoms with Crippen LogP contribution in [-0.4, -0.2) is 40.8 Å². The summed E-state index contributed by atoms with van der Waals surface area (Å²) >= 11 is 0. The van der Waals surface area contributed by atoms with Gasteiger partial charge in [0, 0.05) is 24.5 Å². The van der Waals surface area contributed by atoms with E-state index in [1.165, 1.54) is 4.90 Å². The van der Waals surface area contributed by atoms with Gasteiger partial charge in [-0.2, -0.15) is 0 Å². The van der Waals surface area contributed by atoms with Gasteiger partial charge in [0.05, 0.1) is 13.2 Å². The number of ether oxygens (including phenoxy) is 1. The van der Waals surface area contributed by atoms with Crippen LogP contribution in [0.3, 0.4) is 0 Å². The van der Waals surface area contributed by atoms with E-state index in [0.29, 0.717) is 19.6 Å². The van der Waals surface area contributed by atoms with E-state index in [1.807, 2.05) is 6.07 Å². The number of carbonyl (C=O) groups excluding carboxylic acids is 1. The highest BCUT2D eigenvalue weighted by molar-refractivity contribution is 5.68. The minimum atomic E-state index is -0.999. The lowest BCUT2D eigenvalue weighted by molar-refractivity contribution is 0.0420. The van der Waals surface area contributed by atoms with E-state index in [9.17, 15) is 9.90 Å². The number of pyridine rings is 1. The normalized spacial score (nSPS) is 23.8. The quantitative estimate of drug-likeness (QED) is 0.836. The number of β-amino-alcohol motifs (C(OH)–C–C–N with tert-alkyl or cyclic N) is 1. The van der Waals surface area contributed by atoms with Crippen molar-refractivity contribution in [2.45, 2.75) is 18.9 Å². The second-order valence-electron chi connectivity index (χ2n) is 4.14. The number of amides is 1. The van der Waals surface area contributed by atoms with Crippen LogP contribution in [0.15, 0.2) is 24.5 Å². The molecule has 5 nitrogen and oxygen atoms in total. The zero-order valence-electron chi connectivity index (χ0n) is 9.80. The molecule has 92 valence electrons. The molecule has 1 fully saturated rings. The zero-order chi connectivity index (χ0) is 12.3. The van der Waals surface area contributed by atoms with Gasteiger partial charge in [0.15, 0.2) is 0 Å². The fourth-order valence-corrected chi connectivity index (χ4v) is 2.04. The summed E-state index contributed by atoms with van der Waals surface area (Å²) in [6, 6.07) is 3.60. The Labute approximate surface area is 100 Å². The molecule has 2 heterocycles. The number of hydrogen-bond donors (Lipinski definition) is 1. The molecule has 0 saturated carbocycles. The predicted molar refractivity (Wildman–Crippen MR) is 61.3 cm³/mol. The first-order chi connectivity index (χ1) is 8.15. The number of hydrogen-bond acceptors (Lipinski definition) is 4. The maximum absolute atomic E-state index is 11.5. The van der Waals surface area contributed by atoms with Gasteiger partial charge >= 0.3 is 6.09 Å². The number of carbonyl (C=O) groups is 1. The molecule has 1 aliphatic rings. The van der Waals surface area contributed by atoms with Crippen LogP contribution in [0.2, 0.25) is 0 Å². The van der Waals surface area contributed by atoms with Crippen LogP contribution in [0.4, 0.5) is 4.79 Å². The molecule has 17 heavy (non-hydrogen) atoms. The van der Waals surface area contributed by atoms with Crippen molar-refractivity contribution >= 4 is 6.09 Å². The summed E-state index contributed by atoms with van der Waals surface area (Å²) in [4.78, 5) is 17.1. The Balaban J connectivity index is 2.08. The topological polar surface area (TPSA) is 62.7 Å². The summed E-state index contributed by atoms with van der Waals surface area (Å²) < 4.78 is 4.92. The molecule has 2 rings (SSSR count). The third kappa shape index (κ3) is 2.39. The Morgan fingerprint density at radius 1 is 1.71 bits per heavy atom. The molecule has 1 unspecified atom stereocenters. The van der Waals surface area contributed by atoms with Crippen LogP contribution in [0, 0.1) is 0 Å². The summed E-state index contributed by atoms with van der Waals surface area (Å²) in [6.45, 7) is 2.88. The van der Waals surface area contributed by atoms with E-state index in [4.69, 9.17) is 4.74 Å². The molecule has 0 bridgehead atoms. The van der Waals surface area contributed by atoms with E-state index in [0.717, 1.165) is 5.56 Å². The molecule has 0 aliphatic carbocycles. The van der Waals surface area contributed by atoms with Crippen LogP contribution < -0.4 is 0 Å². The molecule has 1 aromatic rings. The first-order valence-electron chi connectivity index (χ1n) is 5.70. The fraction of sp³-hybridized carbons (Fsp3) is 0.500. The van der Waals surface area contributed by atoms with Gasteiger partial charge in [-0.05, 0) is 19.4 Å². The SMILES string of the molecule is CCOC(=O)N1CCC(O)(c2cccnc2)C1. The van der Waals surface area contributed by atoms with Crippen molar-refractivity contribution in [2.24, 2.45) is 0 Å². The molecule has 1 aromatic heterocycles. The third-order valence-corrected chi connectivity index (χ3v) is 2.97. The Morgan fingerprint density at radius 3 is 3.18 bits per heavy atom. The summed E-state index contributed by atoms with van der Waals surface area (Å²) in [5.41, 5.74) is -0.257. The monoisotopic (exact) mass is 236 g/mol. The van der Waals surface area contributed by atoms with Crippen LogP contribution in [0.1, 0.15) is 18.9 Å². The summed E-state index contributed by atoms with van der Waals surface area (Å²) in [5.74, 6) is 0. The maximum atomic E-state index is 11.5. The van der Waals surface area contributed by atoms with Crippen molar-refractivity contribution in [1.82, 2.24) is 9.88 Å². The van der Waals surface area contributed by atoms with Crippen LogP contribution >= 0.6 is 0 Å². The fourth-order valence-electron chi connectivity index (χ4n) is 2.04. The van der Waals surface area contributed by atoms with Gasteiger partial charge in [0.2, 0.25) is 0 Å². The first-order valence-corrected chi connectivity index (χ1v) is 5.70. The molecule has 5 heteroatoms. The molecule has 1 N–H and O–H groups in total. The van der Waals surface area contributed by atoms with E-state index in [2.05, 4.69) is 4.98 Å². The van der Waals surface area contributed by atoms with E-state index < -0.39 is 5.60 Å². The molecule has 1 aliphatic heterocycles. The van der Waals surface area contributed by atoms with Gasteiger partial charge in [-0.3, -0.25) is 4.98 Å². The van der Waals surface area contributed by atoms with E-state index in [1.54, 1.807) is 25.4 Å². The third-order valence-electron chi connectivity index (χ3n) is 2.97. The molecule has 0 aromatic carbocycles. The Bertz CT molecular complexity index is 396. The highest BCUT2D eigenvalue weighted by atomic mass is 16.6. The van der Waals surface area contributed by atoms with E-state index in [-0.39, 0.29) is 12.6 Å². The first kappa shape index (κ1) is 11.9. The summed E-state index contributed by atoms with van der Waals surface area (Å²) in [7, 11) is 0. The van der Waals surface area contributed by atoms with Crippen molar-refractivity contribution in [1.29, 1.82) is 0 Å².